The van der Waals surface area contributed by atoms with Gasteiger partial charge < -0.3 is 10.2 Å². The zero-order valence-corrected chi connectivity index (χ0v) is 14.6. The molecule has 4 nitrogen and oxygen atoms in total. The lowest BCUT2D eigenvalue weighted by Crippen LogP contribution is -2.26. The molecule has 25 heavy (non-hydrogen) atoms. The Morgan fingerprint density at radius 1 is 1.08 bits per heavy atom. The van der Waals surface area contributed by atoms with E-state index in [1.165, 1.54) is 0 Å². The molecule has 0 radical (unpaired) electrons. The first-order chi connectivity index (χ1) is 12.1. The molecule has 5 heteroatoms. The number of aromatic nitrogens is 1. The second kappa shape index (κ2) is 7.81. The summed E-state index contributed by atoms with van der Waals surface area (Å²) in [6, 6.07) is 20.7. The Labute approximate surface area is 152 Å². The van der Waals surface area contributed by atoms with Gasteiger partial charge in [0.2, 0.25) is 0 Å². The first kappa shape index (κ1) is 17.0. The molecule has 1 aromatic heterocycles. The third-order valence-electron chi connectivity index (χ3n) is 3.71. The number of halogens is 1. The second-order valence-corrected chi connectivity index (χ2v) is 6.15. The highest BCUT2D eigenvalue weighted by atomic mass is 35.5. The van der Waals surface area contributed by atoms with Crippen molar-refractivity contribution in [2.24, 2.45) is 0 Å². The predicted molar refractivity (Wildman–Crippen MR) is 101 cm³/mol. The van der Waals surface area contributed by atoms with Crippen LogP contribution in [-0.4, -0.2) is 22.8 Å². The topological polar surface area (TPSA) is 45.2 Å². The standard InChI is InChI=1S/C20H18ClN3O/c1-24(14-15-6-3-2-4-7-15)20(25)16-10-11-22-19(12-16)23-18-9-5-8-17(21)13-18/h2-13H,14H2,1H3,(H,22,23). The summed E-state index contributed by atoms with van der Waals surface area (Å²) in [7, 11) is 1.79. The fourth-order valence-corrected chi connectivity index (χ4v) is 2.69. The van der Waals surface area contributed by atoms with E-state index in [1.54, 1.807) is 42.4 Å². The van der Waals surface area contributed by atoms with Crippen molar-refractivity contribution in [3.05, 3.63) is 89.1 Å². The average Bonchev–Trinajstić information content (AvgIpc) is 2.62. The van der Waals surface area contributed by atoms with Crippen molar-refractivity contribution in [2.45, 2.75) is 6.54 Å². The summed E-state index contributed by atoms with van der Waals surface area (Å²) in [5, 5.41) is 3.80. The number of anilines is 2. The van der Waals surface area contributed by atoms with Gasteiger partial charge in [-0.3, -0.25) is 4.79 Å². The van der Waals surface area contributed by atoms with Crippen LogP contribution in [0.5, 0.6) is 0 Å². The number of hydrogen-bond donors (Lipinski definition) is 1. The van der Waals surface area contributed by atoms with E-state index < -0.39 is 0 Å². The smallest absolute Gasteiger partial charge is 0.254 e. The van der Waals surface area contributed by atoms with Crippen molar-refractivity contribution in [1.29, 1.82) is 0 Å². The van der Waals surface area contributed by atoms with Crippen LogP contribution in [-0.2, 0) is 6.54 Å². The molecule has 126 valence electrons. The summed E-state index contributed by atoms with van der Waals surface area (Å²) in [4.78, 5) is 18.6. The average molecular weight is 352 g/mol. The summed E-state index contributed by atoms with van der Waals surface area (Å²) in [6.45, 7) is 0.555. The van der Waals surface area contributed by atoms with Crippen molar-refractivity contribution < 1.29 is 4.79 Å². The van der Waals surface area contributed by atoms with E-state index in [2.05, 4.69) is 10.3 Å². The van der Waals surface area contributed by atoms with Gasteiger partial charge in [0.15, 0.2) is 0 Å². The van der Waals surface area contributed by atoms with Gasteiger partial charge in [-0.05, 0) is 35.9 Å². The zero-order chi connectivity index (χ0) is 17.6. The Balaban J connectivity index is 1.73. The van der Waals surface area contributed by atoms with E-state index in [-0.39, 0.29) is 5.91 Å². The molecule has 1 amide bonds. The molecule has 1 heterocycles. The van der Waals surface area contributed by atoms with Crippen LogP contribution in [0.4, 0.5) is 11.5 Å². The Hall–Kier alpha value is -2.85. The molecular formula is C20H18ClN3O. The van der Waals surface area contributed by atoms with Crippen molar-refractivity contribution in [1.82, 2.24) is 9.88 Å². The minimum atomic E-state index is -0.0552. The summed E-state index contributed by atoms with van der Waals surface area (Å²) in [5.74, 6) is 0.543. The molecular weight excluding hydrogens is 334 g/mol. The van der Waals surface area contributed by atoms with E-state index in [9.17, 15) is 4.79 Å². The number of amides is 1. The van der Waals surface area contributed by atoms with Gasteiger partial charge in [0.1, 0.15) is 5.82 Å². The van der Waals surface area contributed by atoms with Crippen LogP contribution in [0.2, 0.25) is 5.02 Å². The normalized spacial score (nSPS) is 10.3. The van der Waals surface area contributed by atoms with E-state index >= 15 is 0 Å². The van der Waals surface area contributed by atoms with E-state index in [0.29, 0.717) is 22.9 Å². The largest absolute Gasteiger partial charge is 0.340 e. The number of benzene rings is 2. The number of hydrogen-bond acceptors (Lipinski definition) is 3. The molecule has 3 rings (SSSR count). The first-order valence-corrected chi connectivity index (χ1v) is 8.27. The first-order valence-electron chi connectivity index (χ1n) is 7.90. The van der Waals surface area contributed by atoms with Gasteiger partial charge in [0.25, 0.3) is 5.91 Å². The van der Waals surface area contributed by atoms with Crippen LogP contribution in [0.3, 0.4) is 0 Å². The van der Waals surface area contributed by atoms with E-state index in [0.717, 1.165) is 11.3 Å². The highest BCUT2D eigenvalue weighted by Gasteiger charge is 2.13. The quantitative estimate of drug-likeness (QED) is 0.721. The summed E-state index contributed by atoms with van der Waals surface area (Å²) in [6.07, 6.45) is 1.62. The van der Waals surface area contributed by atoms with E-state index in [4.69, 9.17) is 11.6 Å². The Bertz CT molecular complexity index is 868. The van der Waals surface area contributed by atoms with Gasteiger partial charge in [-0.2, -0.15) is 0 Å². The maximum Gasteiger partial charge on any atom is 0.254 e. The Morgan fingerprint density at radius 3 is 2.64 bits per heavy atom. The molecule has 0 bridgehead atoms. The lowest BCUT2D eigenvalue weighted by atomic mass is 10.2. The van der Waals surface area contributed by atoms with Gasteiger partial charge in [0, 0.05) is 36.1 Å². The summed E-state index contributed by atoms with van der Waals surface area (Å²) in [5.41, 5.74) is 2.49. The minimum Gasteiger partial charge on any atom is -0.340 e. The second-order valence-electron chi connectivity index (χ2n) is 5.71. The SMILES string of the molecule is CN(Cc1ccccc1)C(=O)c1ccnc(Nc2cccc(Cl)c2)c1. The van der Waals surface area contributed by atoms with Crippen LogP contribution >= 0.6 is 11.6 Å². The fraction of sp³-hybridized carbons (Fsp3) is 0.100. The highest BCUT2D eigenvalue weighted by molar-refractivity contribution is 6.30. The maximum absolute atomic E-state index is 12.7. The Morgan fingerprint density at radius 2 is 1.88 bits per heavy atom. The fourth-order valence-electron chi connectivity index (χ4n) is 2.50. The third-order valence-corrected chi connectivity index (χ3v) is 3.95. The predicted octanol–water partition coefficient (Wildman–Crippen LogP) is 4.75. The molecule has 0 saturated heterocycles. The van der Waals surface area contributed by atoms with Gasteiger partial charge in [-0.25, -0.2) is 4.98 Å². The number of nitrogens with one attached hydrogen (secondary N) is 1. The highest BCUT2D eigenvalue weighted by Crippen LogP contribution is 2.20. The number of pyridine rings is 1. The van der Waals surface area contributed by atoms with Crippen LogP contribution in [0, 0.1) is 0 Å². The van der Waals surface area contributed by atoms with Crippen LogP contribution in [0.25, 0.3) is 0 Å². The van der Waals surface area contributed by atoms with Gasteiger partial charge in [-0.1, -0.05) is 48.0 Å². The molecule has 0 spiro atoms. The van der Waals surface area contributed by atoms with Crippen molar-refractivity contribution >= 4 is 29.0 Å². The molecule has 0 unspecified atom stereocenters. The molecule has 0 fully saturated rings. The van der Waals surface area contributed by atoms with Gasteiger partial charge in [0.05, 0.1) is 0 Å². The molecule has 2 aromatic carbocycles. The molecule has 1 N–H and O–H groups in total. The van der Waals surface area contributed by atoms with E-state index in [1.807, 2.05) is 42.5 Å². The monoisotopic (exact) mass is 351 g/mol. The van der Waals surface area contributed by atoms with Crippen molar-refractivity contribution in [2.75, 3.05) is 12.4 Å². The molecule has 3 aromatic rings. The maximum atomic E-state index is 12.7. The molecule has 0 aliphatic heterocycles. The Kier molecular flexibility index (Phi) is 5.31. The van der Waals surface area contributed by atoms with Gasteiger partial charge in [-0.15, -0.1) is 0 Å². The number of carbonyl (C=O) groups is 1. The summed E-state index contributed by atoms with van der Waals surface area (Å²) >= 11 is 5.99. The number of nitrogens with zero attached hydrogens (tertiary/aromatic N) is 2. The third kappa shape index (κ3) is 4.58. The summed E-state index contributed by atoms with van der Waals surface area (Å²) < 4.78 is 0. The van der Waals surface area contributed by atoms with Gasteiger partial charge >= 0.3 is 0 Å². The lowest BCUT2D eigenvalue weighted by Gasteiger charge is -2.17. The number of carbonyl (C=O) groups excluding carboxylic acids is 1. The van der Waals surface area contributed by atoms with Crippen LogP contribution < -0.4 is 5.32 Å². The zero-order valence-electron chi connectivity index (χ0n) is 13.8. The molecule has 0 aliphatic carbocycles. The molecule has 0 aliphatic rings. The van der Waals surface area contributed by atoms with Crippen molar-refractivity contribution in [3.8, 4) is 0 Å². The minimum absolute atomic E-state index is 0.0552. The molecule has 0 saturated carbocycles. The van der Waals surface area contributed by atoms with Crippen LogP contribution in [0.1, 0.15) is 15.9 Å². The van der Waals surface area contributed by atoms with Crippen molar-refractivity contribution in [3.63, 3.8) is 0 Å². The lowest BCUT2D eigenvalue weighted by molar-refractivity contribution is 0.0785. The number of rotatable bonds is 5. The van der Waals surface area contributed by atoms with Crippen LogP contribution in [0.15, 0.2) is 72.9 Å². The molecule has 0 atom stereocenters.